The number of amidine groups is 1. The monoisotopic (exact) mass is 358 g/mol. The van der Waals surface area contributed by atoms with Crippen LogP contribution in [0.15, 0.2) is 28.3 Å². The molecule has 7 nitrogen and oxygen atoms in total. The minimum absolute atomic E-state index is 0. The molecule has 4 heterocycles. The fraction of sp³-hybridized carbons (Fsp3) is 0.571. The Labute approximate surface area is 141 Å². The Bertz CT molecular complexity index is 704. The van der Waals surface area contributed by atoms with Crippen LogP contribution in [0.2, 0.25) is 0 Å². The number of carbonyl (C=O) groups excluding carboxylic acids is 1. The zero-order chi connectivity index (χ0) is 15.3. The van der Waals surface area contributed by atoms with Gasteiger partial charge in [0.1, 0.15) is 0 Å². The van der Waals surface area contributed by atoms with Crippen molar-refractivity contribution in [3.8, 4) is 0 Å². The summed E-state index contributed by atoms with van der Waals surface area (Å²) < 4.78 is 27.3. The summed E-state index contributed by atoms with van der Waals surface area (Å²) in [5.74, 6) is 1.17. The highest BCUT2D eigenvalue weighted by Gasteiger charge is 2.40. The van der Waals surface area contributed by atoms with Crippen LogP contribution in [-0.2, 0) is 14.8 Å². The quantitative estimate of drug-likeness (QED) is 0.688. The first kappa shape index (κ1) is 16.5. The molecular formula is C14H19ClN4O3S. The maximum absolute atomic E-state index is 12.8. The second kappa shape index (κ2) is 5.92. The second-order valence-corrected chi connectivity index (χ2v) is 7.96. The molecule has 0 spiro atoms. The van der Waals surface area contributed by atoms with E-state index in [1.807, 2.05) is 4.90 Å². The fourth-order valence-corrected chi connectivity index (χ4v) is 4.56. The molecule has 126 valence electrons. The number of allylic oxidation sites excluding steroid dienone is 2. The molecule has 0 bridgehead atoms. The summed E-state index contributed by atoms with van der Waals surface area (Å²) in [4.78, 5) is 16.4. The van der Waals surface area contributed by atoms with Crippen molar-refractivity contribution in [3.05, 3.63) is 23.9 Å². The average Bonchev–Trinajstić information content (AvgIpc) is 3.06. The van der Waals surface area contributed by atoms with Crippen LogP contribution in [0, 0.1) is 11.8 Å². The van der Waals surface area contributed by atoms with Crippen LogP contribution in [0.4, 0.5) is 0 Å². The van der Waals surface area contributed by atoms with Crippen LogP contribution in [0.1, 0.15) is 0 Å². The number of halogens is 1. The average molecular weight is 359 g/mol. The molecule has 1 N–H and O–H groups in total. The highest BCUT2D eigenvalue weighted by atomic mass is 35.5. The van der Waals surface area contributed by atoms with Gasteiger partial charge in [0.25, 0.3) is 15.9 Å². The van der Waals surface area contributed by atoms with Crippen LogP contribution < -0.4 is 5.32 Å². The molecule has 0 aromatic heterocycles. The zero-order valence-electron chi connectivity index (χ0n) is 12.5. The van der Waals surface area contributed by atoms with Crippen molar-refractivity contribution in [1.29, 1.82) is 0 Å². The summed E-state index contributed by atoms with van der Waals surface area (Å²) in [6, 6.07) is 0. The van der Waals surface area contributed by atoms with Crippen LogP contribution in [0.25, 0.3) is 0 Å². The number of amides is 1. The topological polar surface area (TPSA) is 82.1 Å². The molecule has 0 aliphatic carbocycles. The Hall–Kier alpha value is -1.38. The summed E-state index contributed by atoms with van der Waals surface area (Å²) in [5.41, 5.74) is 0.388. The molecule has 23 heavy (non-hydrogen) atoms. The SMILES string of the molecule is Cl.O=C(C1=CC=CN2CCS(=O)(=O)N=C12)N1C[C@H]2CNC[C@H]2C1. The fourth-order valence-electron chi connectivity index (χ4n) is 3.57. The van der Waals surface area contributed by atoms with Gasteiger partial charge in [-0.25, -0.2) is 8.42 Å². The number of fused-ring (bicyclic) bond motifs is 2. The smallest absolute Gasteiger partial charge is 0.257 e. The van der Waals surface area contributed by atoms with Crippen molar-refractivity contribution in [2.75, 3.05) is 38.5 Å². The van der Waals surface area contributed by atoms with E-state index < -0.39 is 10.0 Å². The van der Waals surface area contributed by atoms with Gasteiger partial charge in [-0.2, -0.15) is 0 Å². The third-order valence-corrected chi connectivity index (χ3v) is 5.91. The highest BCUT2D eigenvalue weighted by Crippen LogP contribution is 2.28. The van der Waals surface area contributed by atoms with Crippen LogP contribution >= 0.6 is 12.4 Å². The lowest BCUT2D eigenvalue weighted by Crippen LogP contribution is -2.43. The molecule has 9 heteroatoms. The van der Waals surface area contributed by atoms with Gasteiger partial charge in [0.05, 0.1) is 11.3 Å². The summed E-state index contributed by atoms with van der Waals surface area (Å²) >= 11 is 0. The van der Waals surface area contributed by atoms with E-state index in [4.69, 9.17) is 0 Å². The van der Waals surface area contributed by atoms with Crippen LogP contribution in [0.3, 0.4) is 0 Å². The first-order valence-electron chi connectivity index (χ1n) is 7.52. The molecule has 0 aromatic rings. The van der Waals surface area contributed by atoms with E-state index in [0.717, 1.165) is 26.2 Å². The molecule has 0 radical (unpaired) electrons. The van der Waals surface area contributed by atoms with E-state index in [0.29, 0.717) is 24.0 Å². The summed E-state index contributed by atoms with van der Waals surface area (Å²) in [5, 5.41) is 3.34. The molecule has 0 aromatic carbocycles. The van der Waals surface area contributed by atoms with Gasteiger partial charge in [-0.15, -0.1) is 16.8 Å². The summed E-state index contributed by atoms with van der Waals surface area (Å²) in [6.07, 6.45) is 5.22. The number of rotatable bonds is 1. The standard InChI is InChI=1S/C14H18N4O3S.ClH/c19-14(18-8-10-6-15-7-11(10)9-18)12-2-1-3-17-4-5-22(20,21)16-13(12)17;/h1-3,10-11,15H,4-9H2;1H/t10-,11+;. The molecule has 0 unspecified atom stereocenters. The maximum Gasteiger partial charge on any atom is 0.257 e. The van der Waals surface area contributed by atoms with E-state index >= 15 is 0 Å². The van der Waals surface area contributed by atoms with Gasteiger partial charge < -0.3 is 15.1 Å². The Balaban J connectivity index is 0.00000156. The lowest BCUT2D eigenvalue weighted by Gasteiger charge is -2.30. The molecule has 1 amide bonds. The predicted molar refractivity (Wildman–Crippen MR) is 88.8 cm³/mol. The van der Waals surface area contributed by atoms with Crippen molar-refractivity contribution in [1.82, 2.24) is 15.1 Å². The van der Waals surface area contributed by atoms with Gasteiger partial charge in [0, 0.05) is 38.9 Å². The van der Waals surface area contributed by atoms with Crippen LogP contribution in [0.5, 0.6) is 0 Å². The van der Waals surface area contributed by atoms with E-state index in [1.54, 1.807) is 23.3 Å². The summed E-state index contributed by atoms with van der Waals surface area (Å²) in [7, 11) is -3.47. The molecule has 2 atom stereocenters. The number of carbonyl (C=O) groups is 1. The van der Waals surface area contributed by atoms with E-state index in [9.17, 15) is 13.2 Å². The number of hydrogen-bond acceptors (Lipinski definition) is 5. The Morgan fingerprint density at radius 1 is 1.26 bits per heavy atom. The van der Waals surface area contributed by atoms with E-state index in [-0.39, 0.29) is 29.9 Å². The predicted octanol–water partition coefficient (Wildman–Crippen LogP) is -0.416. The lowest BCUT2D eigenvalue weighted by molar-refractivity contribution is -0.125. The normalized spacial score (nSPS) is 31.0. The lowest BCUT2D eigenvalue weighted by atomic mass is 10.0. The summed E-state index contributed by atoms with van der Waals surface area (Å²) in [6.45, 7) is 3.72. The van der Waals surface area contributed by atoms with Crippen molar-refractivity contribution in [2.24, 2.45) is 16.2 Å². The minimum Gasteiger partial charge on any atom is -0.338 e. The molecule has 4 rings (SSSR count). The van der Waals surface area contributed by atoms with E-state index in [1.165, 1.54) is 0 Å². The zero-order valence-corrected chi connectivity index (χ0v) is 14.1. The van der Waals surface area contributed by atoms with Crippen LogP contribution in [-0.4, -0.2) is 68.4 Å². The van der Waals surface area contributed by atoms with Gasteiger partial charge in [-0.05, 0) is 24.0 Å². The van der Waals surface area contributed by atoms with Gasteiger partial charge >= 0.3 is 0 Å². The molecule has 4 aliphatic heterocycles. The number of nitrogens with one attached hydrogen (secondary N) is 1. The Morgan fingerprint density at radius 3 is 2.65 bits per heavy atom. The van der Waals surface area contributed by atoms with Gasteiger partial charge in [0.2, 0.25) is 0 Å². The second-order valence-electron chi connectivity index (χ2n) is 6.20. The van der Waals surface area contributed by atoms with Gasteiger partial charge in [-0.1, -0.05) is 0 Å². The molecule has 0 saturated carbocycles. The largest absolute Gasteiger partial charge is 0.338 e. The number of nitrogens with zero attached hydrogens (tertiary/aromatic N) is 3. The molecule has 2 fully saturated rings. The number of hydrogen-bond donors (Lipinski definition) is 1. The third-order valence-electron chi connectivity index (χ3n) is 4.76. The van der Waals surface area contributed by atoms with Crippen molar-refractivity contribution in [3.63, 3.8) is 0 Å². The molecule has 2 saturated heterocycles. The Morgan fingerprint density at radius 2 is 1.96 bits per heavy atom. The van der Waals surface area contributed by atoms with Crippen molar-refractivity contribution in [2.45, 2.75) is 0 Å². The molecule has 4 aliphatic rings. The first-order valence-corrected chi connectivity index (χ1v) is 9.12. The minimum atomic E-state index is -3.47. The van der Waals surface area contributed by atoms with E-state index in [2.05, 4.69) is 9.71 Å². The molecular weight excluding hydrogens is 340 g/mol. The number of likely N-dealkylation sites (tertiary alicyclic amines) is 1. The number of sulfonamides is 1. The first-order chi connectivity index (χ1) is 10.5. The maximum atomic E-state index is 12.8. The van der Waals surface area contributed by atoms with Crippen molar-refractivity contribution >= 4 is 34.2 Å². The van der Waals surface area contributed by atoms with Gasteiger partial charge in [0.15, 0.2) is 5.84 Å². The third kappa shape index (κ3) is 2.90. The van der Waals surface area contributed by atoms with Gasteiger partial charge in [-0.3, -0.25) is 4.79 Å². The van der Waals surface area contributed by atoms with Crippen molar-refractivity contribution < 1.29 is 13.2 Å². The highest BCUT2D eigenvalue weighted by molar-refractivity contribution is 7.90. The Kier molecular flexibility index (Phi) is 4.24.